The quantitative estimate of drug-likeness (QED) is 0.308. The molecule has 6 nitrogen and oxygen atoms in total. The van der Waals surface area contributed by atoms with E-state index in [0.717, 1.165) is 95.3 Å². The molecule has 2 aromatic heterocycles. The van der Waals surface area contributed by atoms with Crippen molar-refractivity contribution in [3.63, 3.8) is 0 Å². The standard InChI is InChI=1S/C28H40N2O4S3/c1-27(2,29-23(31)17-21-19(25(29)33)9-15-36-21)11-5-7-13-35-14-8-6-12-28(3,4)30-24(32)18-22-20(26(30)34)10-16-37-22/h17-18,33-34H,5-16H2,1-4H3. The van der Waals surface area contributed by atoms with Crippen LogP contribution in [0.15, 0.2) is 31.5 Å². The molecule has 0 bridgehead atoms. The van der Waals surface area contributed by atoms with Crippen LogP contribution in [-0.4, -0.2) is 42.4 Å². The van der Waals surface area contributed by atoms with Crippen molar-refractivity contribution < 1.29 is 10.2 Å². The molecule has 204 valence electrons. The summed E-state index contributed by atoms with van der Waals surface area (Å²) in [6.07, 6.45) is 7.49. The van der Waals surface area contributed by atoms with Crippen LogP contribution in [-0.2, 0) is 23.9 Å². The second-order valence-corrected chi connectivity index (χ2v) is 14.8. The maximum atomic E-state index is 12.7. The van der Waals surface area contributed by atoms with Crippen molar-refractivity contribution in [2.45, 2.75) is 99.9 Å². The number of hydrogen-bond donors (Lipinski definition) is 2. The third-order valence-corrected chi connectivity index (χ3v) is 10.9. The predicted octanol–water partition coefficient (Wildman–Crippen LogP) is 5.96. The molecular weight excluding hydrogens is 525 g/mol. The Kier molecular flexibility index (Phi) is 9.06. The van der Waals surface area contributed by atoms with E-state index in [4.69, 9.17) is 0 Å². The van der Waals surface area contributed by atoms with Crippen molar-refractivity contribution >= 4 is 35.3 Å². The van der Waals surface area contributed by atoms with E-state index in [9.17, 15) is 19.8 Å². The van der Waals surface area contributed by atoms with Crippen molar-refractivity contribution in [2.75, 3.05) is 23.0 Å². The Morgan fingerprint density at radius 1 is 0.757 bits per heavy atom. The normalized spacial score (nSPS) is 15.2. The van der Waals surface area contributed by atoms with Gasteiger partial charge in [0.15, 0.2) is 11.8 Å². The SMILES string of the molecule is CC(C)(CCCCSCCCCC(C)(C)n1c(O)c2c(cc1=O)SCC2)n1c(O)c2c(cc1=O)SCC2. The zero-order chi connectivity index (χ0) is 26.8. The highest BCUT2D eigenvalue weighted by molar-refractivity contribution is 8.00. The Hall–Kier alpha value is -1.45. The topological polar surface area (TPSA) is 84.5 Å². The van der Waals surface area contributed by atoms with Crippen LogP contribution in [0.3, 0.4) is 0 Å². The Morgan fingerprint density at radius 2 is 1.16 bits per heavy atom. The van der Waals surface area contributed by atoms with Gasteiger partial charge in [-0.05, 0) is 77.7 Å². The summed E-state index contributed by atoms with van der Waals surface area (Å²) in [5.41, 5.74) is 0.794. The maximum absolute atomic E-state index is 12.7. The molecule has 0 fully saturated rings. The molecule has 0 aliphatic carbocycles. The first kappa shape index (κ1) is 28.6. The van der Waals surface area contributed by atoms with E-state index in [1.807, 2.05) is 39.5 Å². The molecule has 4 heterocycles. The molecule has 2 N–H and O–H groups in total. The molecule has 2 aromatic rings. The van der Waals surface area contributed by atoms with Crippen LogP contribution in [0.1, 0.15) is 77.3 Å². The molecule has 0 spiro atoms. The number of aromatic hydroxyl groups is 2. The maximum Gasteiger partial charge on any atom is 0.254 e. The van der Waals surface area contributed by atoms with Gasteiger partial charge >= 0.3 is 0 Å². The first-order chi connectivity index (χ1) is 17.5. The van der Waals surface area contributed by atoms with Crippen LogP contribution < -0.4 is 11.1 Å². The van der Waals surface area contributed by atoms with Crippen molar-refractivity contribution in [1.29, 1.82) is 0 Å². The minimum absolute atomic E-state index is 0.109. The molecule has 4 rings (SSSR count). The van der Waals surface area contributed by atoms with Crippen LogP contribution in [0.2, 0.25) is 0 Å². The summed E-state index contributed by atoms with van der Waals surface area (Å²) in [7, 11) is 0. The van der Waals surface area contributed by atoms with Gasteiger partial charge in [0.05, 0.1) is 0 Å². The molecule has 2 aliphatic rings. The highest BCUT2D eigenvalue weighted by Gasteiger charge is 2.30. The van der Waals surface area contributed by atoms with Crippen LogP contribution >= 0.6 is 35.3 Å². The zero-order valence-corrected chi connectivity index (χ0v) is 24.9. The third kappa shape index (κ3) is 6.25. The average molecular weight is 565 g/mol. The van der Waals surface area contributed by atoms with Gasteiger partial charge < -0.3 is 10.2 Å². The number of rotatable bonds is 12. The van der Waals surface area contributed by atoms with E-state index in [1.165, 1.54) is 0 Å². The summed E-state index contributed by atoms with van der Waals surface area (Å²) < 4.78 is 3.19. The Bertz CT molecular complexity index is 1150. The number of aromatic nitrogens is 2. The lowest BCUT2D eigenvalue weighted by atomic mass is 9.96. The summed E-state index contributed by atoms with van der Waals surface area (Å²) in [5.74, 6) is 4.31. The first-order valence-electron chi connectivity index (χ1n) is 13.3. The van der Waals surface area contributed by atoms with Gasteiger partial charge in [0.25, 0.3) is 11.1 Å². The molecule has 0 atom stereocenters. The van der Waals surface area contributed by atoms with Crippen molar-refractivity contribution in [1.82, 2.24) is 9.13 Å². The van der Waals surface area contributed by atoms with Gasteiger partial charge in [-0.1, -0.05) is 12.8 Å². The third-order valence-electron chi connectivity index (χ3n) is 7.59. The van der Waals surface area contributed by atoms with E-state index in [0.29, 0.717) is 0 Å². The summed E-state index contributed by atoms with van der Waals surface area (Å²) in [6.45, 7) is 8.17. The predicted molar refractivity (Wildman–Crippen MR) is 157 cm³/mol. The minimum Gasteiger partial charge on any atom is -0.494 e. The zero-order valence-electron chi connectivity index (χ0n) is 22.5. The van der Waals surface area contributed by atoms with Gasteiger partial charge in [0.1, 0.15) is 0 Å². The number of unbranched alkanes of at least 4 members (excludes halogenated alkanes) is 2. The largest absolute Gasteiger partial charge is 0.494 e. The first-order valence-corrected chi connectivity index (χ1v) is 16.5. The van der Waals surface area contributed by atoms with E-state index >= 15 is 0 Å². The molecular formula is C28H40N2O4S3. The van der Waals surface area contributed by atoms with Gasteiger partial charge in [-0.15, -0.1) is 23.5 Å². The van der Waals surface area contributed by atoms with Gasteiger partial charge in [-0.3, -0.25) is 18.7 Å². The van der Waals surface area contributed by atoms with E-state index in [1.54, 1.807) is 44.8 Å². The van der Waals surface area contributed by atoms with Crippen LogP contribution in [0.4, 0.5) is 0 Å². The Balaban J connectivity index is 1.17. The van der Waals surface area contributed by atoms with Crippen molar-refractivity contribution in [3.05, 3.63) is 44.0 Å². The molecule has 2 aliphatic heterocycles. The lowest BCUT2D eigenvalue weighted by molar-refractivity contribution is 0.263. The fraction of sp³-hybridized carbons (Fsp3) is 0.643. The van der Waals surface area contributed by atoms with Gasteiger partial charge in [-0.25, -0.2) is 0 Å². The molecule has 0 radical (unpaired) electrons. The fourth-order valence-corrected chi connectivity index (χ4v) is 8.68. The number of hydrogen-bond acceptors (Lipinski definition) is 7. The molecule has 0 aromatic carbocycles. The van der Waals surface area contributed by atoms with Gasteiger partial charge in [-0.2, -0.15) is 11.8 Å². The van der Waals surface area contributed by atoms with E-state index in [-0.39, 0.29) is 22.9 Å². The lowest BCUT2D eigenvalue weighted by Gasteiger charge is -2.29. The molecule has 0 saturated heterocycles. The molecule has 0 amide bonds. The molecule has 9 heteroatoms. The highest BCUT2D eigenvalue weighted by atomic mass is 32.2. The fourth-order valence-electron chi connectivity index (χ4n) is 5.50. The summed E-state index contributed by atoms with van der Waals surface area (Å²) >= 11 is 5.25. The lowest BCUT2D eigenvalue weighted by Crippen LogP contribution is -2.36. The average Bonchev–Trinajstić information content (AvgIpc) is 3.47. The number of thioether (sulfide) groups is 3. The van der Waals surface area contributed by atoms with Crippen LogP contribution in [0.25, 0.3) is 0 Å². The smallest absolute Gasteiger partial charge is 0.254 e. The van der Waals surface area contributed by atoms with Crippen LogP contribution in [0, 0.1) is 0 Å². The Morgan fingerprint density at radius 3 is 1.57 bits per heavy atom. The summed E-state index contributed by atoms with van der Waals surface area (Å²) in [5, 5.41) is 21.5. The summed E-state index contributed by atoms with van der Waals surface area (Å²) in [6, 6.07) is 3.37. The second kappa shape index (κ2) is 11.7. The van der Waals surface area contributed by atoms with Crippen LogP contribution in [0.5, 0.6) is 11.8 Å². The van der Waals surface area contributed by atoms with Gasteiger partial charge in [0, 0.05) is 55.6 Å². The Labute approximate surface area is 232 Å². The van der Waals surface area contributed by atoms with Gasteiger partial charge in [0.2, 0.25) is 0 Å². The monoisotopic (exact) mass is 564 g/mol. The minimum atomic E-state index is -0.417. The molecule has 0 saturated carbocycles. The van der Waals surface area contributed by atoms with Crippen molar-refractivity contribution in [2.24, 2.45) is 0 Å². The molecule has 37 heavy (non-hydrogen) atoms. The molecule has 0 unspecified atom stereocenters. The highest BCUT2D eigenvalue weighted by Crippen LogP contribution is 2.39. The van der Waals surface area contributed by atoms with Crippen molar-refractivity contribution in [3.8, 4) is 11.8 Å². The second-order valence-electron chi connectivity index (χ2n) is 11.3. The summed E-state index contributed by atoms with van der Waals surface area (Å²) in [4.78, 5) is 27.2. The van der Waals surface area contributed by atoms with E-state index < -0.39 is 11.1 Å². The number of fused-ring (bicyclic) bond motifs is 2. The number of pyridine rings is 2. The van der Waals surface area contributed by atoms with E-state index in [2.05, 4.69) is 0 Å². The number of nitrogens with zero attached hydrogens (tertiary/aromatic N) is 2.